The predicted molar refractivity (Wildman–Crippen MR) is 71.4 cm³/mol. The predicted octanol–water partition coefficient (Wildman–Crippen LogP) is 2.01. The number of carboxylic acids is 1. The largest absolute Gasteiger partial charge is 0.478 e. The standard InChI is InChI=1S/C14H14N2O3/c1-3-9-4-6-10(7-5-9)12-11(13(17)18)8(2)15-14(19)16-12/h4-7H,3H2,1-2H3,(H,17,18)(H,15,16,19). The molecule has 0 radical (unpaired) electrons. The number of aromatic amines is 1. The highest BCUT2D eigenvalue weighted by molar-refractivity contribution is 5.95. The summed E-state index contributed by atoms with van der Waals surface area (Å²) in [6.45, 7) is 3.59. The molecule has 1 aromatic carbocycles. The summed E-state index contributed by atoms with van der Waals surface area (Å²) in [5.41, 5.74) is 1.77. The zero-order valence-corrected chi connectivity index (χ0v) is 10.7. The van der Waals surface area contributed by atoms with E-state index in [4.69, 9.17) is 0 Å². The van der Waals surface area contributed by atoms with E-state index in [-0.39, 0.29) is 11.3 Å². The number of aryl methyl sites for hydroxylation is 2. The van der Waals surface area contributed by atoms with Crippen molar-refractivity contribution >= 4 is 5.97 Å². The minimum Gasteiger partial charge on any atom is -0.478 e. The van der Waals surface area contributed by atoms with Crippen LogP contribution in [-0.4, -0.2) is 21.0 Å². The van der Waals surface area contributed by atoms with E-state index in [1.165, 1.54) is 0 Å². The fourth-order valence-electron chi connectivity index (χ4n) is 1.95. The van der Waals surface area contributed by atoms with E-state index in [1.54, 1.807) is 19.1 Å². The minimum atomic E-state index is -1.10. The first-order valence-electron chi connectivity index (χ1n) is 5.96. The van der Waals surface area contributed by atoms with Gasteiger partial charge in [-0.3, -0.25) is 0 Å². The molecule has 0 aliphatic rings. The van der Waals surface area contributed by atoms with Crippen LogP contribution < -0.4 is 5.69 Å². The van der Waals surface area contributed by atoms with Gasteiger partial charge in [-0.1, -0.05) is 31.2 Å². The molecule has 0 spiro atoms. The van der Waals surface area contributed by atoms with Crippen LogP contribution in [0.1, 0.15) is 28.5 Å². The number of carboxylic acid groups (broad SMARTS) is 1. The average molecular weight is 258 g/mol. The number of carbonyl (C=O) groups is 1. The second-order valence-electron chi connectivity index (χ2n) is 4.25. The van der Waals surface area contributed by atoms with Crippen molar-refractivity contribution in [2.24, 2.45) is 0 Å². The number of aromatic carboxylic acids is 1. The molecule has 98 valence electrons. The van der Waals surface area contributed by atoms with Crippen LogP contribution in [0.5, 0.6) is 0 Å². The van der Waals surface area contributed by atoms with Crippen LogP contribution in [0.15, 0.2) is 29.1 Å². The van der Waals surface area contributed by atoms with Gasteiger partial charge in [0, 0.05) is 11.3 Å². The lowest BCUT2D eigenvalue weighted by Crippen LogP contribution is -2.18. The van der Waals surface area contributed by atoms with Crippen LogP contribution in [0.2, 0.25) is 0 Å². The maximum Gasteiger partial charge on any atom is 0.345 e. The zero-order chi connectivity index (χ0) is 14.0. The summed E-state index contributed by atoms with van der Waals surface area (Å²) in [5, 5.41) is 9.24. The van der Waals surface area contributed by atoms with Crippen molar-refractivity contribution in [2.75, 3.05) is 0 Å². The van der Waals surface area contributed by atoms with Gasteiger partial charge in [0.05, 0.1) is 5.69 Å². The lowest BCUT2D eigenvalue weighted by molar-refractivity contribution is 0.0696. The summed E-state index contributed by atoms with van der Waals surface area (Å²) < 4.78 is 0. The Morgan fingerprint density at radius 2 is 1.95 bits per heavy atom. The molecule has 0 saturated carbocycles. The number of nitrogens with zero attached hydrogens (tertiary/aromatic N) is 1. The summed E-state index contributed by atoms with van der Waals surface area (Å²) in [6, 6.07) is 7.37. The Hall–Kier alpha value is -2.43. The van der Waals surface area contributed by atoms with Crippen molar-refractivity contribution in [3.05, 3.63) is 51.6 Å². The first-order valence-corrected chi connectivity index (χ1v) is 5.96. The van der Waals surface area contributed by atoms with Crippen LogP contribution >= 0.6 is 0 Å². The van der Waals surface area contributed by atoms with Crippen LogP contribution in [0.25, 0.3) is 11.3 Å². The van der Waals surface area contributed by atoms with E-state index in [0.29, 0.717) is 11.3 Å². The first-order chi connectivity index (χ1) is 9.02. The smallest absolute Gasteiger partial charge is 0.345 e. The molecule has 2 rings (SSSR count). The van der Waals surface area contributed by atoms with Gasteiger partial charge in [0.1, 0.15) is 5.56 Å². The van der Waals surface area contributed by atoms with E-state index < -0.39 is 11.7 Å². The van der Waals surface area contributed by atoms with Gasteiger partial charge in [-0.25, -0.2) is 9.59 Å². The molecule has 0 aliphatic heterocycles. The molecule has 0 aliphatic carbocycles. The average Bonchev–Trinajstić information content (AvgIpc) is 2.37. The van der Waals surface area contributed by atoms with Gasteiger partial charge in [0.2, 0.25) is 0 Å². The molecular formula is C14H14N2O3. The van der Waals surface area contributed by atoms with E-state index in [2.05, 4.69) is 9.97 Å². The Balaban J connectivity index is 2.66. The van der Waals surface area contributed by atoms with Gasteiger partial charge >= 0.3 is 11.7 Å². The van der Waals surface area contributed by atoms with Crippen molar-refractivity contribution in [3.8, 4) is 11.3 Å². The van der Waals surface area contributed by atoms with Crippen LogP contribution in [0.3, 0.4) is 0 Å². The number of H-pyrrole nitrogens is 1. The van der Waals surface area contributed by atoms with Gasteiger partial charge in [0.25, 0.3) is 0 Å². The molecule has 0 atom stereocenters. The van der Waals surface area contributed by atoms with Gasteiger partial charge in [-0.15, -0.1) is 0 Å². The minimum absolute atomic E-state index is 0.0313. The van der Waals surface area contributed by atoms with E-state index in [1.807, 2.05) is 19.1 Å². The summed E-state index contributed by atoms with van der Waals surface area (Å²) in [6.07, 6.45) is 0.897. The second-order valence-corrected chi connectivity index (χ2v) is 4.25. The third-order valence-corrected chi connectivity index (χ3v) is 2.97. The third kappa shape index (κ3) is 2.54. The molecule has 1 aromatic heterocycles. The lowest BCUT2D eigenvalue weighted by atomic mass is 10.0. The maximum atomic E-state index is 11.4. The number of rotatable bonds is 3. The van der Waals surface area contributed by atoms with Crippen molar-refractivity contribution in [1.29, 1.82) is 0 Å². The molecule has 1 heterocycles. The fourth-order valence-corrected chi connectivity index (χ4v) is 1.95. The molecular weight excluding hydrogens is 244 g/mol. The van der Waals surface area contributed by atoms with Crippen LogP contribution in [0.4, 0.5) is 0 Å². The molecule has 2 aromatic rings. The van der Waals surface area contributed by atoms with Crippen LogP contribution in [-0.2, 0) is 6.42 Å². The normalized spacial score (nSPS) is 10.4. The molecule has 19 heavy (non-hydrogen) atoms. The molecule has 0 amide bonds. The van der Waals surface area contributed by atoms with Crippen molar-refractivity contribution in [3.63, 3.8) is 0 Å². The number of nitrogens with one attached hydrogen (secondary N) is 1. The van der Waals surface area contributed by atoms with Gasteiger partial charge in [0.15, 0.2) is 0 Å². The Labute approximate surface area is 110 Å². The summed E-state index contributed by atoms with van der Waals surface area (Å²) >= 11 is 0. The van der Waals surface area contributed by atoms with E-state index in [0.717, 1.165) is 12.0 Å². The second kappa shape index (κ2) is 5.06. The quantitative estimate of drug-likeness (QED) is 0.882. The van der Waals surface area contributed by atoms with Gasteiger partial charge in [-0.2, -0.15) is 4.98 Å². The molecule has 0 bridgehead atoms. The number of aromatic nitrogens is 2. The molecule has 0 saturated heterocycles. The summed E-state index contributed by atoms with van der Waals surface area (Å²) in [7, 11) is 0. The number of benzene rings is 1. The van der Waals surface area contributed by atoms with Crippen molar-refractivity contribution < 1.29 is 9.90 Å². The Morgan fingerprint density at radius 1 is 1.32 bits per heavy atom. The molecule has 5 heteroatoms. The Kier molecular flexibility index (Phi) is 3.46. The molecule has 5 nitrogen and oxygen atoms in total. The van der Waals surface area contributed by atoms with E-state index in [9.17, 15) is 14.7 Å². The van der Waals surface area contributed by atoms with Crippen LogP contribution in [0, 0.1) is 6.92 Å². The highest BCUT2D eigenvalue weighted by Gasteiger charge is 2.17. The SMILES string of the molecule is CCc1ccc(-c2nc(=O)[nH]c(C)c2C(=O)O)cc1. The van der Waals surface area contributed by atoms with Gasteiger partial charge < -0.3 is 10.1 Å². The van der Waals surface area contributed by atoms with Crippen molar-refractivity contribution in [1.82, 2.24) is 9.97 Å². The fraction of sp³-hybridized carbons (Fsp3) is 0.214. The monoisotopic (exact) mass is 258 g/mol. The van der Waals surface area contributed by atoms with Crippen molar-refractivity contribution in [2.45, 2.75) is 20.3 Å². The zero-order valence-electron chi connectivity index (χ0n) is 10.7. The topological polar surface area (TPSA) is 83.0 Å². The highest BCUT2D eigenvalue weighted by atomic mass is 16.4. The third-order valence-electron chi connectivity index (χ3n) is 2.97. The highest BCUT2D eigenvalue weighted by Crippen LogP contribution is 2.22. The molecule has 2 N–H and O–H groups in total. The van der Waals surface area contributed by atoms with Gasteiger partial charge in [-0.05, 0) is 18.9 Å². The summed E-state index contributed by atoms with van der Waals surface area (Å²) in [4.78, 5) is 28.9. The Bertz CT molecular complexity index is 672. The summed E-state index contributed by atoms with van der Waals surface area (Å²) in [5.74, 6) is -1.10. The van der Waals surface area contributed by atoms with E-state index >= 15 is 0 Å². The molecule has 0 fully saturated rings. The Morgan fingerprint density at radius 3 is 2.47 bits per heavy atom. The first kappa shape index (κ1) is 13.0. The number of hydrogen-bond donors (Lipinski definition) is 2. The maximum absolute atomic E-state index is 11.4. The lowest BCUT2D eigenvalue weighted by Gasteiger charge is -2.08. The molecule has 0 unspecified atom stereocenters. The number of hydrogen-bond acceptors (Lipinski definition) is 3.